The third-order valence-electron chi connectivity index (χ3n) is 5.21. The number of carbonyl (C=O) groups is 4. The first-order chi connectivity index (χ1) is 14.2. The minimum atomic E-state index is -1.49. The molecule has 0 aromatic carbocycles. The molecule has 5 N–H and O–H groups in total. The molecule has 1 aliphatic carbocycles. The Kier molecular flexibility index (Phi) is 5.05. The summed E-state index contributed by atoms with van der Waals surface area (Å²) >= 11 is 2.13. The molecular weight excluding hydrogens is 438 g/mol. The SMILES string of the molecule is Nc1nc(/C(=N/OC2(C(=O)O)CCC2)C(=O)N[C@@H]2C(=O)N3C[C@H](C(=O)O)SC23)cs1. The van der Waals surface area contributed by atoms with Crippen molar-refractivity contribution in [2.24, 2.45) is 5.16 Å². The zero-order valence-corrected chi connectivity index (χ0v) is 16.9. The monoisotopic (exact) mass is 455 g/mol. The second-order valence-electron chi connectivity index (χ2n) is 7.05. The molecule has 0 radical (unpaired) electrons. The van der Waals surface area contributed by atoms with Crippen LogP contribution in [0.15, 0.2) is 10.5 Å². The Balaban J connectivity index is 1.52. The zero-order valence-electron chi connectivity index (χ0n) is 15.3. The van der Waals surface area contributed by atoms with Gasteiger partial charge in [-0.25, -0.2) is 9.78 Å². The van der Waals surface area contributed by atoms with Crippen LogP contribution < -0.4 is 11.1 Å². The summed E-state index contributed by atoms with van der Waals surface area (Å²) in [5.74, 6) is -3.40. The lowest BCUT2D eigenvalue weighted by Gasteiger charge is -2.41. The van der Waals surface area contributed by atoms with Crippen LogP contribution in [0.25, 0.3) is 0 Å². The number of aliphatic carboxylic acids is 2. The van der Waals surface area contributed by atoms with Crippen LogP contribution in [0, 0.1) is 0 Å². The van der Waals surface area contributed by atoms with Crippen LogP contribution in [0.1, 0.15) is 25.0 Å². The van der Waals surface area contributed by atoms with Crippen LogP contribution in [0.5, 0.6) is 0 Å². The number of anilines is 1. The number of oxime groups is 1. The van der Waals surface area contributed by atoms with Crippen molar-refractivity contribution in [1.29, 1.82) is 0 Å². The highest BCUT2D eigenvalue weighted by atomic mass is 32.2. The van der Waals surface area contributed by atoms with Crippen LogP contribution in [-0.4, -0.2) is 78.4 Å². The van der Waals surface area contributed by atoms with E-state index in [1.165, 1.54) is 10.3 Å². The summed E-state index contributed by atoms with van der Waals surface area (Å²) < 4.78 is 0. The van der Waals surface area contributed by atoms with Gasteiger partial charge in [-0.05, 0) is 6.42 Å². The number of hydrogen-bond donors (Lipinski definition) is 4. The number of carboxylic acid groups (broad SMARTS) is 2. The maximum absolute atomic E-state index is 12.9. The number of nitrogens with one attached hydrogen (secondary N) is 1. The predicted molar refractivity (Wildman–Crippen MR) is 105 cm³/mol. The summed E-state index contributed by atoms with van der Waals surface area (Å²) in [6, 6.07) is -0.926. The van der Waals surface area contributed by atoms with E-state index >= 15 is 0 Å². The Morgan fingerprint density at radius 3 is 2.63 bits per heavy atom. The smallest absolute Gasteiger partial charge is 0.350 e. The standard InChI is InChI=1S/C16H17N5O7S2/c17-15-18-6(5-29-15)8(20-28-16(14(26)27)2-1-3-16)10(22)19-9-11(23)21-4-7(13(24)25)30-12(9)21/h5,7,9,12H,1-4H2,(H2,17,18)(H,19,22)(H,24,25)(H,26,27)/b20-8-/t7-,9-,12?/m1/s1. The highest BCUT2D eigenvalue weighted by Gasteiger charge is 2.56. The predicted octanol–water partition coefficient (Wildman–Crippen LogP) is -0.694. The van der Waals surface area contributed by atoms with E-state index in [4.69, 9.17) is 15.7 Å². The second-order valence-corrected chi connectivity index (χ2v) is 9.26. The quantitative estimate of drug-likeness (QED) is 0.233. The third kappa shape index (κ3) is 3.35. The van der Waals surface area contributed by atoms with E-state index in [1.807, 2.05) is 0 Å². The number of fused-ring (bicyclic) bond motifs is 1. The van der Waals surface area contributed by atoms with E-state index in [0.717, 1.165) is 23.1 Å². The largest absolute Gasteiger partial charge is 0.480 e. The number of nitrogens with zero attached hydrogens (tertiary/aromatic N) is 3. The molecular formula is C16H17N5O7S2. The molecule has 160 valence electrons. The molecule has 0 spiro atoms. The molecule has 0 bridgehead atoms. The minimum absolute atomic E-state index is 0.0731. The van der Waals surface area contributed by atoms with Gasteiger partial charge < -0.3 is 31.0 Å². The molecule has 1 saturated carbocycles. The normalized spacial score (nSPS) is 26.9. The minimum Gasteiger partial charge on any atom is -0.480 e. The van der Waals surface area contributed by atoms with E-state index < -0.39 is 46.0 Å². The average molecular weight is 455 g/mol. The van der Waals surface area contributed by atoms with Crippen LogP contribution in [0.4, 0.5) is 5.13 Å². The third-order valence-corrected chi connectivity index (χ3v) is 7.37. The van der Waals surface area contributed by atoms with Gasteiger partial charge in [-0.2, -0.15) is 0 Å². The van der Waals surface area contributed by atoms with Crippen molar-refractivity contribution in [1.82, 2.24) is 15.2 Å². The van der Waals surface area contributed by atoms with Crippen molar-refractivity contribution in [2.75, 3.05) is 12.3 Å². The van der Waals surface area contributed by atoms with Gasteiger partial charge in [0.15, 0.2) is 10.8 Å². The number of thioether (sulfide) groups is 1. The van der Waals surface area contributed by atoms with Gasteiger partial charge in [-0.1, -0.05) is 5.16 Å². The van der Waals surface area contributed by atoms with Crippen molar-refractivity contribution in [2.45, 2.75) is 41.5 Å². The van der Waals surface area contributed by atoms with E-state index in [0.29, 0.717) is 6.42 Å². The van der Waals surface area contributed by atoms with E-state index in [-0.39, 0.29) is 35.9 Å². The molecule has 3 fully saturated rings. The first kappa shape index (κ1) is 20.4. The number of hydrogen-bond acceptors (Lipinski definition) is 10. The maximum Gasteiger partial charge on any atom is 0.350 e. The van der Waals surface area contributed by atoms with Gasteiger partial charge in [-0.15, -0.1) is 23.1 Å². The van der Waals surface area contributed by atoms with Crippen LogP contribution >= 0.6 is 23.1 Å². The molecule has 1 aromatic rings. The molecule has 1 unspecified atom stereocenters. The molecule has 1 aromatic heterocycles. The second kappa shape index (κ2) is 7.43. The number of nitrogen functional groups attached to an aromatic ring is 1. The van der Waals surface area contributed by atoms with Crippen molar-refractivity contribution in [3.05, 3.63) is 11.1 Å². The molecule has 14 heteroatoms. The number of aromatic nitrogens is 1. The number of carboxylic acids is 2. The lowest BCUT2D eigenvalue weighted by atomic mass is 9.80. The van der Waals surface area contributed by atoms with Gasteiger partial charge in [0.1, 0.15) is 22.4 Å². The zero-order chi connectivity index (χ0) is 21.6. The summed E-state index contributed by atoms with van der Waals surface area (Å²) in [6.45, 7) is 0.0731. The molecule has 3 aliphatic rings. The molecule has 12 nitrogen and oxygen atoms in total. The van der Waals surface area contributed by atoms with Gasteiger partial charge in [0.2, 0.25) is 11.5 Å². The Labute approximate surface area is 177 Å². The molecule has 30 heavy (non-hydrogen) atoms. The Hall–Kier alpha value is -2.87. The molecule has 2 saturated heterocycles. The number of rotatable bonds is 7. The Morgan fingerprint density at radius 2 is 2.10 bits per heavy atom. The van der Waals surface area contributed by atoms with E-state index in [2.05, 4.69) is 15.5 Å². The molecule has 3 atom stereocenters. The van der Waals surface area contributed by atoms with Gasteiger partial charge in [0.05, 0.1) is 0 Å². The van der Waals surface area contributed by atoms with Gasteiger partial charge >= 0.3 is 11.9 Å². The average Bonchev–Trinajstić information content (AvgIpc) is 3.25. The fourth-order valence-corrected chi connectivity index (χ4v) is 5.24. The number of amides is 2. The maximum atomic E-state index is 12.9. The lowest BCUT2D eigenvalue weighted by molar-refractivity contribution is -0.178. The number of nitrogens with two attached hydrogens (primary N) is 1. The fraction of sp³-hybridized carbons (Fsp3) is 0.500. The Bertz CT molecular complexity index is 960. The summed E-state index contributed by atoms with van der Waals surface area (Å²) in [7, 11) is 0. The van der Waals surface area contributed by atoms with Crippen LogP contribution in [0.2, 0.25) is 0 Å². The van der Waals surface area contributed by atoms with Crippen molar-refractivity contribution in [3.8, 4) is 0 Å². The number of carbonyl (C=O) groups excluding carboxylic acids is 2. The Morgan fingerprint density at radius 1 is 1.37 bits per heavy atom. The van der Waals surface area contributed by atoms with Crippen molar-refractivity contribution in [3.63, 3.8) is 0 Å². The molecule has 2 amide bonds. The summed E-state index contributed by atoms with van der Waals surface area (Å²) in [5, 5.41) is 25.2. The van der Waals surface area contributed by atoms with Crippen molar-refractivity contribution < 1.29 is 34.2 Å². The van der Waals surface area contributed by atoms with E-state index in [9.17, 15) is 24.3 Å². The summed E-state index contributed by atoms with van der Waals surface area (Å²) in [5.41, 5.74) is 3.91. The topological polar surface area (TPSA) is 185 Å². The molecule has 4 rings (SSSR count). The van der Waals surface area contributed by atoms with Gasteiger partial charge in [0, 0.05) is 24.8 Å². The fourth-order valence-electron chi connectivity index (χ4n) is 3.31. The van der Waals surface area contributed by atoms with E-state index in [1.54, 1.807) is 0 Å². The highest BCUT2D eigenvalue weighted by Crippen LogP contribution is 2.40. The first-order valence-corrected chi connectivity index (χ1v) is 10.7. The number of β-lactam (4-membered cyclic amide) rings is 1. The highest BCUT2D eigenvalue weighted by molar-refractivity contribution is 8.01. The number of thiazole rings is 1. The summed E-state index contributed by atoms with van der Waals surface area (Å²) in [4.78, 5) is 58.4. The molecule has 2 aliphatic heterocycles. The van der Waals surface area contributed by atoms with Crippen LogP contribution in [0.3, 0.4) is 0 Å². The summed E-state index contributed by atoms with van der Waals surface area (Å²) in [6.07, 6.45) is 1.17. The van der Waals surface area contributed by atoms with Crippen LogP contribution in [-0.2, 0) is 24.0 Å². The first-order valence-electron chi connectivity index (χ1n) is 8.92. The van der Waals surface area contributed by atoms with Gasteiger partial charge in [-0.3, -0.25) is 14.4 Å². The lowest BCUT2D eigenvalue weighted by Crippen LogP contribution is -2.67. The molecule has 3 heterocycles. The van der Waals surface area contributed by atoms with Crippen molar-refractivity contribution >= 4 is 57.7 Å². The van der Waals surface area contributed by atoms with Gasteiger partial charge in [0.25, 0.3) is 5.91 Å².